The Bertz CT molecular complexity index is 2800. The summed E-state index contributed by atoms with van der Waals surface area (Å²) in [5.41, 5.74) is 18.0. The van der Waals surface area contributed by atoms with Gasteiger partial charge in [0, 0.05) is 39.2 Å². The molecule has 0 saturated carbocycles. The zero-order valence-electron chi connectivity index (χ0n) is 34.3. The summed E-state index contributed by atoms with van der Waals surface area (Å²) in [6.45, 7) is 18.7. The maximum Gasteiger partial charge on any atom is 0.247 e. The molecule has 4 heteroatoms. The van der Waals surface area contributed by atoms with Crippen LogP contribution in [0.15, 0.2) is 156 Å². The predicted octanol–water partition coefficient (Wildman–Crippen LogP) is 12.6. The van der Waals surface area contributed by atoms with E-state index in [9.17, 15) is 0 Å². The largest absolute Gasteiger partial charge is 0.456 e. The molecule has 0 unspecified atom stereocenters. The molecule has 2 aliphatic rings. The number of furan rings is 1. The lowest BCUT2D eigenvalue weighted by molar-refractivity contribution is 0.588. The van der Waals surface area contributed by atoms with Crippen LogP contribution >= 0.6 is 0 Å². The molecule has 8 aromatic rings. The molecule has 0 aliphatic carbocycles. The highest BCUT2D eigenvalue weighted by Crippen LogP contribution is 2.49. The molecule has 0 atom stereocenters. The average molecular weight is 741 g/mol. The molecular weight excluding hydrogens is 691 g/mol. The van der Waals surface area contributed by atoms with Gasteiger partial charge in [-0.15, -0.1) is 0 Å². The minimum atomic E-state index is -0.285. The van der Waals surface area contributed by atoms with Crippen LogP contribution in [-0.4, -0.2) is 6.71 Å². The minimum absolute atomic E-state index is 0.00105. The van der Waals surface area contributed by atoms with Gasteiger partial charge < -0.3 is 14.2 Å². The SMILES string of the molecule is CC(C)(C)c1ccc(N2c3cc(N(c4ccccc4)c4ccccc4)cc4c3B(c3cc(C(C)(C)C)ccc3C4(C)C)c3ccc4oc5ccccc5c4c32)cc1. The van der Waals surface area contributed by atoms with Gasteiger partial charge in [-0.1, -0.05) is 152 Å². The summed E-state index contributed by atoms with van der Waals surface area (Å²) in [6, 6.07) is 56.3. The zero-order chi connectivity index (χ0) is 39.4. The van der Waals surface area contributed by atoms with E-state index in [1.807, 2.05) is 0 Å². The maximum atomic E-state index is 6.67. The first kappa shape index (κ1) is 35.4. The van der Waals surface area contributed by atoms with E-state index >= 15 is 0 Å². The lowest BCUT2D eigenvalue weighted by Crippen LogP contribution is -2.64. The highest BCUT2D eigenvalue weighted by Gasteiger charge is 2.47. The quantitative estimate of drug-likeness (QED) is 0.168. The summed E-state index contributed by atoms with van der Waals surface area (Å²) < 4.78 is 6.67. The molecular formula is C53H49BN2O. The smallest absolute Gasteiger partial charge is 0.247 e. The third kappa shape index (κ3) is 5.48. The van der Waals surface area contributed by atoms with Crippen LogP contribution in [0.5, 0.6) is 0 Å². The summed E-state index contributed by atoms with van der Waals surface area (Å²) in [5.74, 6) is 0. The van der Waals surface area contributed by atoms with Crippen LogP contribution in [0, 0.1) is 0 Å². The molecule has 0 saturated heterocycles. The van der Waals surface area contributed by atoms with Crippen molar-refractivity contribution >= 4 is 79.2 Å². The predicted molar refractivity (Wildman–Crippen MR) is 244 cm³/mol. The fourth-order valence-corrected chi connectivity index (χ4v) is 9.61. The highest BCUT2D eigenvalue weighted by molar-refractivity contribution is 6.99. The normalized spacial score (nSPS) is 14.4. The topological polar surface area (TPSA) is 19.6 Å². The molecule has 0 bridgehead atoms. The Morgan fingerprint density at radius 2 is 1.16 bits per heavy atom. The number of fused-ring (bicyclic) bond motifs is 8. The van der Waals surface area contributed by atoms with Gasteiger partial charge in [0.25, 0.3) is 0 Å². The van der Waals surface area contributed by atoms with Crippen LogP contribution in [-0.2, 0) is 16.2 Å². The Kier molecular flexibility index (Phi) is 7.77. The van der Waals surface area contributed by atoms with Crippen LogP contribution in [0.4, 0.5) is 34.1 Å². The monoisotopic (exact) mass is 740 g/mol. The van der Waals surface area contributed by atoms with Gasteiger partial charge in [0.1, 0.15) is 11.2 Å². The Morgan fingerprint density at radius 3 is 1.81 bits per heavy atom. The third-order valence-corrected chi connectivity index (χ3v) is 12.6. The number of anilines is 6. The second-order valence-electron chi connectivity index (χ2n) is 18.6. The molecule has 10 rings (SSSR count). The van der Waals surface area contributed by atoms with Crippen LogP contribution in [0.3, 0.4) is 0 Å². The lowest BCUT2D eigenvalue weighted by Gasteiger charge is -2.46. The van der Waals surface area contributed by atoms with Gasteiger partial charge >= 0.3 is 0 Å². The van der Waals surface area contributed by atoms with Crippen LogP contribution < -0.4 is 26.2 Å². The molecule has 2 aliphatic heterocycles. The molecule has 1 aromatic heterocycles. The van der Waals surface area contributed by atoms with Crippen LogP contribution in [0.1, 0.15) is 77.6 Å². The van der Waals surface area contributed by atoms with Crippen molar-refractivity contribution in [1.29, 1.82) is 0 Å². The van der Waals surface area contributed by atoms with Gasteiger partial charge in [-0.25, -0.2) is 0 Å². The van der Waals surface area contributed by atoms with Crippen molar-refractivity contribution < 1.29 is 4.42 Å². The van der Waals surface area contributed by atoms with Crippen LogP contribution in [0.2, 0.25) is 0 Å². The molecule has 3 heterocycles. The van der Waals surface area contributed by atoms with E-state index in [-0.39, 0.29) is 23.0 Å². The van der Waals surface area contributed by atoms with E-state index in [0.29, 0.717) is 0 Å². The Balaban J connectivity index is 1.37. The number of rotatable bonds is 4. The second kappa shape index (κ2) is 12.5. The molecule has 0 fully saturated rings. The number of nitrogens with zero attached hydrogens (tertiary/aromatic N) is 2. The molecule has 57 heavy (non-hydrogen) atoms. The lowest BCUT2D eigenvalue weighted by atomic mass is 9.30. The molecule has 0 spiro atoms. The average Bonchev–Trinajstić information content (AvgIpc) is 3.58. The van der Waals surface area contributed by atoms with Crippen LogP contribution in [0.25, 0.3) is 21.9 Å². The Morgan fingerprint density at radius 1 is 0.544 bits per heavy atom. The standard InChI is InChI=1S/C53H49BN2O/c1-51(2,3)34-23-26-38(27-24-34)56-45-33-39(55(36-17-11-9-12-18-36)37-19-13-10-14-20-37)32-42-49(45)54(44-31-35(52(4,5)6)25-28-41(44)53(42,7)8)43-29-30-47-48(50(43)56)40-21-15-16-22-46(40)57-47/h9-33H,1-8H3. The number of para-hydroxylation sites is 3. The molecule has 0 N–H and O–H groups in total. The highest BCUT2D eigenvalue weighted by atomic mass is 16.3. The Hall–Kier alpha value is -6.00. The molecule has 0 radical (unpaired) electrons. The first-order valence-corrected chi connectivity index (χ1v) is 20.4. The van der Waals surface area contributed by atoms with Crippen molar-refractivity contribution in [3.8, 4) is 0 Å². The molecule has 280 valence electrons. The van der Waals surface area contributed by atoms with Crippen molar-refractivity contribution in [3.05, 3.63) is 174 Å². The van der Waals surface area contributed by atoms with Crippen molar-refractivity contribution in [2.75, 3.05) is 9.80 Å². The van der Waals surface area contributed by atoms with E-state index in [2.05, 4.69) is 217 Å². The van der Waals surface area contributed by atoms with Crippen molar-refractivity contribution in [1.82, 2.24) is 0 Å². The fourth-order valence-electron chi connectivity index (χ4n) is 9.61. The summed E-state index contributed by atoms with van der Waals surface area (Å²) >= 11 is 0. The third-order valence-electron chi connectivity index (χ3n) is 12.6. The van der Waals surface area contributed by atoms with E-state index < -0.39 is 0 Å². The van der Waals surface area contributed by atoms with Crippen molar-refractivity contribution in [3.63, 3.8) is 0 Å². The van der Waals surface area contributed by atoms with E-state index in [0.717, 1.165) is 44.7 Å². The molecule has 0 amide bonds. The minimum Gasteiger partial charge on any atom is -0.456 e. The summed E-state index contributed by atoms with van der Waals surface area (Å²) in [4.78, 5) is 4.98. The van der Waals surface area contributed by atoms with E-state index in [1.54, 1.807) is 0 Å². The first-order chi connectivity index (χ1) is 27.3. The van der Waals surface area contributed by atoms with Gasteiger partial charge in [0.2, 0.25) is 6.71 Å². The maximum absolute atomic E-state index is 6.67. The molecule has 7 aromatic carbocycles. The summed E-state index contributed by atoms with van der Waals surface area (Å²) in [6.07, 6.45) is 0. The van der Waals surface area contributed by atoms with Crippen molar-refractivity contribution in [2.24, 2.45) is 0 Å². The van der Waals surface area contributed by atoms with Gasteiger partial charge in [-0.2, -0.15) is 0 Å². The summed E-state index contributed by atoms with van der Waals surface area (Å²) in [7, 11) is 0. The number of benzene rings is 7. The Labute approximate surface area is 337 Å². The van der Waals surface area contributed by atoms with E-state index in [4.69, 9.17) is 4.42 Å². The zero-order valence-corrected chi connectivity index (χ0v) is 34.3. The van der Waals surface area contributed by atoms with Gasteiger partial charge in [0.05, 0.1) is 11.1 Å². The first-order valence-electron chi connectivity index (χ1n) is 20.4. The number of hydrogen-bond acceptors (Lipinski definition) is 3. The van der Waals surface area contributed by atoms with Gasteiger partial charge in [0.15, 0.2) is 0 Å². The van der Waals surface area contributed by atoms with Crippen molar-refractivity contribution in [2.45, 2.75) is 71.6 Å². The summed E-state index contributed by atoms with van der Waals surface area (Å²) in [5, 5.41) is 2.29. The second-order valence-corrected chi connectivity index (χ2v) is 18.6. The van der Waals surface area contributed by atoms with E-state index in [1.165, 1.54) is 50.0 Å². The van der Waals surface area contributed by atoms with Gasteiger partial charge in [-0.05, 0) is 105 Å². The number of hydrogen-bond donors (Lipinski definition) is 0. The van der Waals surface area contributed by atoms with Gasteiger partial charge in [-0.3, -0.25) is 0 Å². The fraction of sp³-hybridized carbons (Fsp3) is 0.208. The molecule has 3 nitrogen and oxygen atoms in total.